The Morgan fingerprint density at radius 1 is 1.58 bits per heavy atom. The van der Waals surface area contributed by atoms with E-state index < -0.39 is 5.92 Å². The molecule has 0 aromatic rings. The van der Waals surface area contributed by atoms with Gasteiger partial charge in [0, 0.05) is 13.5 Å². The molecule has 0 bridgehead atoms. The van der Waals surface area contributed by atoms with Crippen molar-refractivity contribution in [2.24, 2.45) is 11.8 Å². The topological polar surface area (TPSA) is 61.2 Å². The van der Waals surface area contributed by atoms with E-state index in [2.05, 4.69) is 0 Å². The fraction of sp³-hybridized carbons (Fsp3) is 0.625. The summed E-state index contributed by atoms with van der Waals surface area (Å²) in [5, 5.41) is 8.63. The van der Waals surface area contributed by atoms with Gasteiger partial charge in [0.1, 0.15) is 5.92 Å². The first-order chi connectivity index (χ1) is 5.57. The van der Waals surface area contributed by atoms with Crippen molar-refractivity contribution in [1.29, 1.82) is 5.26 Å². The van der Waals surface area contributed by atoms with Crippen molar-refractivity contribution >= 4 is 11.8 Å². The largest absolute Gasteiger partial charge is 0.285 e. The number of amides is 2. The molecule has 1 saturated heterocycles. The molecule has 0 aromatic carbocycles. The van der Waals surface area contributed by atoms with Crippen LogP contribution in [0.3, 0.4) is 0 Å². The number of nitriles is 1. The minimum atomic E-state index is -0.646. The summed E-state index contributed by atoms with van der Waals surface area (Å²) in [4.78, 5) is 23.4. The zero-order chi connectivity index (χ0) is 9.30. The summed E-state index contributed by atoms with van der Waals surface area (Å²) in [6.07, 6.45) is 0.292. The van der Waals surface area contributed by atoms with Crippen LogP contribution in [-0.2, 0) is 9.59 Å². The van der Waals surface area contributed by atoms with Gasteiger partial charge in [-0.15, -0.1) is 0 Å². The van der Waals surface area contributed by atoms with Gasteiger partial charge in [-0.1, -0.05) is 6.92 Å². The van der Waals surface area contributed by atoms with Crippen molar-refractivity contribution in [3.8, 4) is 6.07 Å². The van der Waals surface area contributed by atoms with Gasteiger partial charge in [0.15, 0.2) is 0 Å². The molecule has 1 heterocycles. The molecule has 1 fully saturated rings. The molecule has 1 rings (SSSR count). The summed E-state index contributed by atoms with van der Waals surface area (Å²) in [5.41, 5.74) is 0. The highest BCUT2D eigenvalue weighted by molar-refractivity contribution is 5.99. The van der Waals surface area contributed by atoms with Crippen molar-refractivity contribution in [3.63, 3.8) is 0 Å². The van der Waals surface area contributed by atoms with Crippen LogP contribution >= 0.6 is 0 Å². The maximum absolute atomic E-state index is 11.3. The predicted molar refractivity (Wildman–Crippen MR) is 40.7 cm³/mol. The zero-order valence-corrected chi connectivity index (χ0v) is 7.07. The number of hydrogen-bond acceptors (Lipinski definition) is 3. The number of hydrogen-bond donors (Lipinski definition) is 0. The number of imide groups is 1. The summed E-state index contributed by atoms with van der Waals surface area (Å²) in [5.74, 6) is -1.36. The quantitative estimate of drug-likeness (QED) is 0.481. The first-order valence-corrected chi connectivity index (χ1v) is 3.78. The van der Waals surface area contributed by atoms with Crippen LogP contribution in [0.15, 0.2) is 0 Å². The minimum absolute atomic E-state index is 0.147. The molecule has 4 heteroatoms. The van der Waals surface area contributed by atoms with Gasteiger partial charge in [0.2, 0.25) is 11.8 Å². The number of likely N-dealkylation sites (tertiary alicyclic amines) is 1. The van der Waals surface area contributed by atoms with E-state index in [0.717, 1.165) is 4.90 Å². The van der Waals surface area contributed by atoms with Crippen LogP contribution in [0.1, 0.15) is 13.3 Å². The lowest BCUT2D eigenvalue weighted by atomic mass is 9.87. The van der Waals surface area contributed by atoms with Gasteiger partial charge in [-0.2, -0.15) is 5.26 Å². The number of piperidine rings is 1. The number of rotatable bonds is 0. The second-order valence-corrected chi connectivity index (χ2v) is 3.08. The van der Waals surface area contributed by atoms with Gasteiger partial charge < -0.3 is 0 Å². The van der Waals surface area contributed by atoms with E-state index in [1.54, 1.807) is 6.92 Å². The van der Waals surface area contributed by atoms with Gasteiger partial charge in [0.05, 0.1) is 6.07 Å². The molecule has 0 saturated carbocycles. The zero-order valence-electron chi connectivity index (χ0n) is 7.07. The first-order valence-electron chi connectivity index (χ1n) is 3.78. The summed E-state index contributed by atoms with van der Waals surface area (Å²) in [6, 6.07) is 1.91. The molecule has 2 unspecified atom stereocenters. The Kier molecular flexibility index (Phi) is 2.13. The number of carbonyl (C=O) groups is 2. The Morgan fingerprint density at radius 3 is 2.67 bits per heavy atom. The molecule has 0 radical (unpaired) electrons. The van der Waals surface area contributed by atoms with Crippen LogP contribution < -0.4 is 0 Å². The maximum atomic E-state index is 11.3. The second kappa shape index (κ2) is 2.94. The number of nitrogens with zero attached hydrogens (tertiary/aromatic N) is 2. The first kappa shape index (κ1) is 8.72. The molecule has 0 aliphatic carbocycles. The third kappa shape index (κ3) is 1.18. The second-order valence-electron chi connectivity index (χ2n) is 3.08. The van der Waals surface area contributed by atoms with Crippen molar-refractivity contribution in [3.05, 3.63) is 0 Å². The molecule has 0 spiro atoms. The molecule has 1 aliphatic heterocycles. The highest BCUT2D eigenvalue weighted by Gasteiger charge is 2.37. The third-order valence-corrected chi connectivity index (χ3v) is 2.18. The SMILES string of the molecule is CC1CC(=O)N(C)C(=O)C1C#N. The van der Waals surface area contributed by atoms with E-state index >= 15 is 0 Å². The van der Waals surface area contributed by atoms with Gasteiger partial charge in [-0.05, 0) is 5.92 Å². The van der Waals surface area contributed by atoms with Gasteiger partial charge in [-0.25, -0.2) is 0 Å². The Bertz CT molecular complexity index is 267. The third-order valence-electron chi connectivity index (χ3n) is 2.18. The Morgan fingerprint density at radius 2 is 2.17 bits per heavy atom. The van der Waals surface area contributed by atoms with Crippen molar-refractivity contribution in [2.75, 3.05) is 7.05 Å². The van der Waals surface area contributed by atoms with E-state index in [0.29, 0.717) is 6.42 Å². The summed E-state index contributed by atoms with van der Waals surface area (Å²) < 4.78 is 0. The van der Waals surface area contributed by atoms with E-state index in [1.807, 2.05) is 6.07 Å². The van der Waals surface area contributed by atoms with Crippen LogP contribution in [0.25, 0.3) is 0 Å². The highest BCUT2D eigenvalue weighted by Crippen LogP contribution is 2.23. The molecule has 12 heavy (non-hydrogen) atoms. The Hall–Kier alpha value is -1.37. The Labute approximate surface area is 70.8 Å². The standard InChI is InChI=1S/C8H10N2O2/c1-5-3-7(11)10(2)8(12)6(5)4-9/h5-6H,3H2,1-2H3. The van der Waals surface area contributed by atoms with Crippen LogP contribution in [0.4, 0.5) is 0 Å². The van der Waals surface area contributed by atoms with Crippen molar-refractivity contribution < 1.29 is 9.59 Å². The summed E-state index contributed by atoms with van der Waals surface area (Å²) >= 11 is 0. The average Bonchev–Trinajstić information content (AvgIpc) is 2.01. The molecule has 0 aromatic heterocycles. The lowest BCUT2D eigenvalue weighted by Gasteiger charge is -2.28. The van der Waals surface area contributed by atoms with Crippen molar-refractivity contribution in [2.45, 2.75) is 13.3 Å². The Balaban J connectivity index is 2.88. The smallest absolute Gasteiger partial charge is 0.246 e. The minimum Gasteiger partial charge on any atom is -0.285 e. The molecule has 0 N–H and O–H groups in total. The molecule has 1 aliphatic rings. The molecule has 2 atom stereocenters. The number of carbonyl (C=O) groups excluding carboxylic acids is 2. The van der Waals surface area contributed by atoms with E-state index in [4.69, 9.17) is 5.26 Å². The van der Waals surface area contributed by atoms with E-state index in [9.17, 15) is 9.59 Å². The van der Waals surface area contributed by atoms with Gasteiger partial charge in [0.25, 0.3) is 0 Å². The molecule has 4 nitrogen and oxygen atoms in total. The van der Waals surface area contributed by atoms with Crippen LogP contribution in [0.5, 0.6) is 0 Å². The predicted octanol–water partition coefficient (Wildman–Crippen LogP) is 0.151. The van der Waals surface area contributed by atoms with Crippen molar-refractivity contribution in [1.82, 2.24) is 4.90 Å². The molecular weight excluding hydrogens is 156 g/mol. The van der Waals surface area contributed by atoms with Gasteiger partial charge >= 0.3 is 0 Å². The fourth-order valence-electron chi connectivity index (χ4n) is 1.29. The summed E-state index contributed by atoms with van der Waals surface area (Å²) in [7, 11) is 1.42. The lowest BCUT2D eigenvalue weighted by Crippen LogP contribution is -2.45. The lowest BCUT2D eigenvalue weighted by molar-refractivity contribution is -0.150. The monoisotopic (exact) mass is 166 g/mol. The molecular formula is C8H10N2O2. The normalized spacial score (nSPS) is 30.2. The summed E-state index contributed by atoms with van der Waals surface area (Å²) in [6.45, 7) is 1.75. The van der Waals surface area contributed by atoms with Crippen LogP contribution in [-0.4, -0.2) is 23.8 Å². The van der Waals surface area contributed by atoms with Crippen LogP contribution in [0.2, 0.25) is 0 Å². The van der Waals surface area contributed by atoms with E-state index in [-0.39, 0.29) is 17.7 Å². The van der Waals surface area contributed by atoms with E-state index in [1.165, 1.54) is 7.05 Å². The average molecular weight is 166 g/mol. The van der Waals surface area contributed by atoms with Gasteiger partial charge in [-0.3, -0.25) is 14.5 Å². The van der Waals surface area contributed by atoms with Crippen LogP contribution in [0, 0.1) is 23.2 Å². The maximum Gasteiger partial charge on any atom is 0.246 e. The highest BCUT2D eigenvalue weighted by atomic mass is 16.2. The fourth-order valence-corrected chi connectivity index (χ4v) is 1.29. The molecule has 2 amide bonds. The molecule has 64 valence electrons.